The fourth-order valence-electron chi connectivity index (χ4n) is 3.69. The third-order valence-corrected chi connectivity index (χ3v) is 5.61. The van der Waals surface area contributed by atoms with Crippen molar-refractivity contribution in [2.75, 3.05) is 25.0 Å². The second-order valence-corrected chi connectivity index (χ2v) is 7.92. The normalized spacial score (nSPS) is 18.7. The average Bonchev–Trinajstić information content (AvgIpc) is 2.68. The molecule has 1 N–H and O–H groups in total. The van der Waals surface area contributed by atoms with Crippen molar-refractivity contribution in [2.24, 2.45) is 4.99 Å². The number of nitrogens with zero attached hydrogens (tertiary/aromatic N) is 2. The highest BCUT2D eigenvalue weighted by molar-refractivity contribution is 9.10. The number of para-hydroxylation sites is 1. The first-order valence-corrected chi connectivity index (χ1v) is 10.1. The van der Waals surface area contributed by atoms with E-state index in [9.17, 15) is 0 Å². The Kier molecular flexibility index (Phi) is 5.51. The second kappa shape index (κ2) is 8.19. The molecule has 4 heteroatoms. The van der Waals surface area contributed by atoms with Gasteiger partial charge in [0, 0.05) is 29.1 Å². The van der Waals surface area contributed by atoms with Crippen LogP contribution in [-0.4, -0.2) is 30.7 Å². The Morgan fingerprint density at radius 3 is 2.81 bits per heavy atom. The molecule has 0 aromatic heterocycles. The molecule has 2 aromatic carbocycles. The minimum atomic E-state index is 0.713. The minimum absolute atomic E-state index is 0.713. The maximum Gasteiger partial charge on any atom is 0.0660 e. The van der Waals surface area contributed by atoms with E-state index in [0.29, 0.717) is 6.54 Å². The summed E-state index contributed by atoms with van der Waals surface area (Å²) in [5, 5.41) is 3.56. The van der Waals surface area contributed by atoms with Gasteiger partial charge < -0.3 is 5.32 Å². The van der Waals surface area contributed by atoms with Gasteiger partial charge in [-0.1, -0.05) is 46.6 Å². The summed E-state index contributed by atoms with van der Waals surface area (Å²) in [6.45, 7) is 4.16. The van der Waals surface area contributed by atoms with Crippen LogP contribution in [0.4, 0.5) is 5.69 Å². The van der Waals surface area contributed by atoms with Crippen molar-refractivity contribution in [3.8, 4) is 0 Å². The third kappa shape index (κ3) is 4.08. The number of aliphatic imine (C=N–C) groups is 1. The van der Waals surface area contributed by atoms with Crippen molar-refractivity contribution in [2.45, 2.75) is 25.8 Å². The first-order chi connectivity index (χ1) is 12.8. The fourth-order valence-corrected chi connectivity index (χ4v) is 4.05. The largest absolute Gasteiger partial charge is 0.361 e. The molecule has 0 unspecified atom stereocenters. The molecule has 2 aromatic rings. The number of nitrogens with one attached hydrogen (secondary N) is 1. The van der Waals surface area contributed by atoms with Gasteiger partial charge >= 0.3 is 0 Å². The lowest BCUT2D eigenvalue weighted by molar-refractivity contribution is 0.221. The SMILES string of the molecule is Brc1ccc2c(c1)C(=CNc1ccccc1CN1CCCCC1)CN=C2. The molecule has 0 atom stereocenters. The Labute approximate surface area is 164 Å². The van der Waals surface area contributed by atoms with Crippen LogP contribution in [0.15, 0.2) is 58.1 Å². The van der Waals surface area contributed by atoms with Gasteiger partial charge in [-0.05, 0) is 66.4 Å². The van der Waals surface area contributed by atoms with Gasteiger partial charge in [-0.15, -0.1) is 0 Å². The molecule has 3 nitrogen and oxygen atoms in total. The number of piperidine rings is 1. The zero-order valence-electron chi connectivity index (χ0n) is 14.9. The topological polar surface area (TPSA) is 27.6 Å². The van der Waals surface area contributed by atoms with Gasteiger partial charge in [0.1, 0.15) is 0 Å². The van der Waals surface area contributed by atoms with E-state index in [1.54, 1.807) is 0 Å². The van der Waals surface area contributed by atoms with Gasteiger partial charge in [0.25, 0.3) is 0 Å². The molecule has 2 aliphatic heterocycles. The predicted octanol–water partition coefficient (Wildman–Crippen LogP) is 5.32. The molecular weight excluding hydrogens is 386 g/mol. The standard InChI is InChI=1S/C22H24BrN3/c23-20-9-8-17-13-24-14-19(21(17)12-20)15-25-22-7-3-2-6-18(22)16-26-10-4-1-5-11-26/h2-3,6-9,12-13,15,25H,1,4-5,10-11,14,16H2. The summed E-state index contributed by atoms with van der Waals surface area (Å²) < 4.78 is 1.10. The van der Waals surface area contributed by atoms with Crippen LogP contribution in [0.5, 0.6) is 0 Å². The van der Waals surface area contributed by atoms with Crippen LogP contribution in [0.3, 0.4) is 0 Å². The number of anilines is 1. The highest BCUT2D eigenvalue weighted by Crippen LogP contribution is 2.27. The molecule has 0 aliphatic carbocycles. The lowest BCUT2D eigenvalue weighted by Crippen LogP contribution is -2.29. The van der Waals surface area contributed by atoms with E-state index in [1.165, 1.54) is 60.3 Å². The van der Waals surface area contributed by atoms with Gasteiger partial charge in [-0.25, -0.2) is 0 Å². The van der Waals surface area contributed by atoms with E-state index in [2.05, 4.69) is 79.8 Å². The number of likely N-dealkylation sites (tertiary alicyclic amines) is 1. The quantitative estimate of drug-likeness (QED) is 0.739. The number of rotatable bonds is 4. The Hall–Kier alpha value is -1.91. The van der Waals surface area contributed by atoms with E-state index in [0.717, 1.165) is 11.0 Å². The summed E-state index contributed by atoms with van der Waals surface area (Å²) in [6.07, 6.45) is 8.10. The Morgan fingerprint density at radius 1 is 1.08 bits per heavy atom. The Morgan fingerprint density at radius 2 is 1.92 bits per heavy atom. The highest BCUT2D eigenvalue weighted by Gasteiger charge is 2.13. The first kappa shape index (κ1) is 17.5. The van der Waals surface area contributed by atoms with Crippen molar-refractivity contribution >= 4 is 33.4 Å². The zero-order valence-corrected chi connectivity index (χ0v) is 16.5. The van der Waals surface area contributed by atoms with Crippen molar-refractivity contribution in [3.63, 3.8) is 0 Å². The summed E-state index contributed by atoms with van der Waals surface area (Å²) in [7, 11) is 0. The number of halogens is 1. The molecule has 1 saturated heterocycles. The van der Waals surface area contributed by atoms with Gasteiger partial charge in [0.2, 0.25) is 0 Å². The highest BCUT2D eigenvalue weighted by atomic mass is 79.9. The maximum absolute atomic E-state index is 4.50. The molecule has 0 amide bonds. The number of hydrogen-bond acceptors (Lipinski definition) is 3. The third-order valence-electron chi connectivity index (χ3n) is 5.12. The summed E-state index contributed by atoms with van der Waals surface area (Å²) in [5.41, 5.74) is 6.19. The number of hydrogen-bond donors (Lipinski definition) is 1. The predicted molar refractivity (Wildman–Crippen MR) is 114 cm³/mol. The molecular formula is C22H24BrN3. The van der Waals surface area contributed by atoms with E-state index < -0.39 is 0 Å². The second-order valence-electron chi connectivity index (χ2n) is 7.01. The van der Waals surface area contributed by atoms with Crippen LogP contribution in [-0.2, 0) is 6.54 Å². The summed E-state index contributed by atoms with van der Waals surface area (Å²) >= 11 is 3.58. The van der Waals surface area contributed by atoms with E-state index in [1.807, 2.05) is 6.21 Å². The zero-order chi connectivity index (χ0) is 17.8. The summed E-state index contributed by atoms with van der Waals surface area (Å²) in [4.78, 5) is 7.06. The van der Waals surface area contributed by atoms with E-state index in [4.69, 9.17) is 0 Å². The molecule has 2 aliphatic rings. The van der Waals surface area contributed by atoms with E-state index >= 15 is 0 Å². The molecule has 4 rings (SSSR count). The summed E-state index contributed by atoms with van der Waals surface area (Å²) in [6, 6.07) is 15.0. The van der Waals surface area contributed by atoms with Crippen LogP contribution in [0, 0.1) is 0 Å². The van der Waals surface area contributed by atoms with Crippen LogP contribution in [0.1, 0.15) is 36.0 Å². The molecule has 0 saturated carbocycles. The molecule has 2 heterocycles. The van der Waals surface area contributed by atoms with Crippen LogP contribution in [0.2, 0.25) is 0 Å². The molecule has 0 bridgehead atoms. The van der Waals surface area contributed by atoms with Crippen molar-refractivity contribution < 1.29 is 0 Å². The molecule has 0 radical (unpaired) electrons. The lowest BCUT2D eigenvalue weighted by atomic mass is 9.99. The maximum atomic E-state index is 4.50. The first-order valence-electron chi connectivity index (χ1n) is 9.35. The molecule has 1 fully saturated rings. The fraction of sp³-hybridized carbons (Fsp3) is 0.318. The Bertz CT molecular complexity index is 835. The Balaban J connectivity index is 1.54. The summed E-state index contributed by atoms with van der Waals surface area (Å²) in [5.74, 6) is 0. The minimum Gasteiger partial charge on any atom is -0.361 e. The van der Waals surface area contributed by atoms with Gasteiger partial charge in [0.05, 0.1) is 6.54 Å². The number of fused-ring (bicyclic) bond motifs is 1. The average molecular weight is 410 g/mol. The van der Waals surface area contributed by atoms with Gasteiger partial charge in [0.15, 0.2) is 0 Å². The van der Waals surface area contributed by atoms with Crippen LogP contribution in [0.25, 0.3) is 5.57 Å². The van der Waals surface area contributed by atoms with Crippen molar-refractivity contribution in [1.82, 2.24) is 4.90 Å². The number of benzene rings is 2. The van der Waals surface area contributed by atoms with Crippen molar-refractivity contribution in [1.29, 1.82) is 0 Å². The smallest absolute Gasteiger partial charge is 0.0660 e. The van der Waals surface area contributed by atoms with E-state index in [-0.39, 0.29) is 0 Å². The molecule has 134 valence electrons. The molecule has 0 spiro atoms. The van der Waals surface area contributed by atoms with Gasteiger partial charge in [-0.2, -0.15) is 0 Å². The molecule has 26 heavy (non-hydrogen) atoms. The monoisotopic (exact) mass is 409 g/mol. The van der Waals surface area contributed by atoms with Crippen LogP contribution >= 0.6 is 15.9 Å². The van der Waals surface area contributed by atoms with Crippen LogP contribution < -0.4 is 5.32 Å². The van der Waals surface area contributed by atoms with Crippen molar-refractivity contribution in [3.05, 3.63) is 69.8 Å². The van der Waals surface area contributed by atoms with Gasteiger partial charge in [-0.3, -0.25) is 9.89 Å². The lowest BCUT2D eigenvalue weighted by Gasteiger charge is -2.27.